The minimum Gasteiger partial charge on any atom is -0.480 e. The molecule has 0 unspecified atom stereocenters. The maximum Gasteiger partial charge on any atom is 0.413 e. The maximum atomic E-state index is 12.7. The van der Waals surface area contributed by atoms with E-state index in [1.807, 2.05) is 36.4 Å². The van der Waals surface area contributed by atoms with Crippen molar-refractivity contribution in [3.05, 3.63) is 70.2 Å². The average Bonchev–Trinajstić information content (AvgIpc) is 3.34. The van der Waals surface area contributed by atoms with Crippen LogP contribution in [-0.2, 0) is 9.53 Å². The third-order valence-electron chi connectivity index (χ3n) is 5.53. The highest BCUT2D eigenvalue weighted by molar-refractivity contribution is 7.17. The number of amides is 2. The number of nitrogens with zero attached hydrogens (tertiary/aromatic N) is 2. The number of aromatic nitrogens is 1. The van der Waals surface area contributed by atoms with Gasteiger partial charge in [-0.3, -0.25) is 14.9 Å². The fourth-order valence-electron chi connectivity index (χ4n) is 4.05. The van der Waals surface area contributed by atoms with Gasteiger partial charge in [-0.15, -0.1) is 0 Å². The predicted molar refractivity (Wildman–Crippen MR) is 126 cm³/mol. The summed E-state index contributed by atoms with van der Waals surface area (Å²) in [5.41, 5.74) is 4.78. The van der Waals surface area contributed by atoms with Gasteiger partial charge in [0.15, 0.2) is 5.13 Å². The number of carboxylic acid groups (broad SMARTS) is 1. The Balaban J connectivity index is 1.43. The zero-order valence-electron chi connectivity index (χ0n) is 18.4. The molecule has 1 aromatic heterocycles. The molecule has 176 valence electrons. The number of rotatable bonds is 8. The molecule has 3 aromatic rings. The van der Waals surface area contributed by atoms with E-state index in [-0.39, 0.29) is 35.7 Å². The van der Waals surface area contributed by atoms with E-state index in [4.69, 9.17) is 14.9 Å². The standard InChI is InChI=1S/C24H23N3O6S/c1-14-21(22(31)27(10-11-28)12-20(29)30)34-23(25-14)26-24(32)33-13-19-17-8-4-2-6-15(17)16-7-3-5-9-18(16)19/h2-9,19,28H,10-13H2,1H3,(H,29,30)(H,25,26,32). The molecule has 3 N–H and O–H groups in total. The van der Waals surface area contributed by atoms with E-state index >= 15 is 0 Å². The second-order valence-corrected chi connectivity index (χ2v) is 8.73. The second kappa shape index (κ2) is 10.0. The number of aryl methyl sites for hydroxylation is 1. The lowest BCUT2D eigenvalue weighted by Gasteiger charge is -2.18. The Morgan fingerprint density at radius 1 is 1.09 bits per heavy atom. The van der Waals surface area contributed by atoms with Gasteiger partial charge in [0.25, 0.3) is 5.91 Å². The minimum absolute atomic E-state index is 0.0867. The van der Waals surface area contributed by atoms with E-state index in [2.05, 4.69) is 22.4 Å². The summed E-state index contributed by atoms with van der Waals surface area (Å²) >= 11 is 0.924. The number of hydrogen-bond acceptors (Lipinski definition) is 7. The van der Waals surface area contributed by atoms with Crippen molar-refractivity contribution in [1.29, 1.82) is 0 Å². The molecule has 4 rings (SSSR count). The van der Waals surface area contributed by atoms with Crippen LogP contribution in [0, 0.1) is 6.92 Å². The van der Waals surface area contributed by atoms with Crippen molar-refractivity contribution in [2.45, 2.75) is 12.8 Å². The van der Waals surface area contributed by atoms with Crippen molar-refractivity contribution in [1.82, 2.24) is 9.88 Å². The topological polar surface area (TPSA) is 129 Å². The lowest BCUT2D eigenvalue weighted by molar-refractivity contribution is -0.137. The van der Waals surface area contributed by atoms with Crippen LogP contribution < -0.4 is 5.32 Å². The fraction of sp³-hybridized carbons (Fsp3) is 0.250. The number of carboxylic acids is 1. The van der Waals surface area contributed by atoms with Crippen molar-refractivity contribution in [3.63, 3.8) is 0 Å². The minimum atomic E-state index is -1.19. The number of fused-ring (bicyclic) bond motifs is 3. The van der Waals surface area contributed by atoms with Crippen LogP contribution in [0.15, 0.2) is 48.5 Å². The smallest absolute Gasteiger partial charge is 0.413 e. The van der Waals surface area contributed by atoms with Gasteiger partial charge in [-0.25, -0.2) is 9.78 Å². The SMILES string of the molecule is Cc1nc(NC(=O)OCC2c3ccccc3-c3ccccc32)sc1C(=O)N(CCO)CC(=O)O. The first-order valence-electron chi connectivity index (χ1n) is 10.6. The molecule has 1 aliphatic rings. The third-order valence-corrected chi connectivity index (χ3v) is 6.59. The van der Waals surface area contributed by atoms with E-state index in [0.717, 1.165) is 38.5 Å². The summed E-state index contributed by atoms with van der Waals surface area (Å²) < 4.78 is 5.50. The molecule has 1 aliphatic carbocycles. The summed E-state index contributed by atoms with van der Waals surface area (Å²) in [6.45, 7) is 0.675. The number of carbonyl (C=O) groups is 3. The van der Waals surface area contributed by atoms with E-state index in [9.17, 15) is 14.4 Å². The highest BCUT2D eigenvalue weighted by Gasteiger charge is 2.29. The van der Waals surface area contributed by atoms with Crippen molar-refractivity contribution >= 4 is 34.4 Å². The number of ether oxygens (including phenoxy) is 1. The molecule has 10 heteroatoms. The van der Waals surface area contributed by atoms with E-state index in [0.29, 0.717) is 5.69 Å². The summed E-state index contributed by atoms with van der Waals surface area (Å²) in [6.07, 6.45) is -0.702. The third kappa shape index (κ3) is 4.78. The molecule has 9 nitrogen and oxygen atoms in total. The van der Waals surface area contributed by atoms with Crippen LogP contribution in [0.2, 0.25) is 0 Å². The lowest BCUT2D eigenvalue weighted by atomic mass is 9.98. The Hall–Kier alpha value is -3.76. The quantitative estimate of drug-likeness (QED) is 0.450. The molecule has 0 fully saturated rings. The van der Waals surface area contributed by atoms with Crippen molar-refractivity contribution in [3.8, 4) is 11.1 Å². The molecule has 1 heterocycles. The monoisotopic (exact) mass is 481 g/mol. The van der Waals surface area contributed by atoms with Gasteiger partial charge in [-0.05, 0) is 29.2 Å². The van der Waals surface area contributed by atoms with Crippen LogP contribution in [0.25, 0.3) is 11.1 Å². The van der Waals surface area contributed by atoms with Crippen molar-refractivity contribution in [2.75, 3.05) is 31.6 Å². The first kappa shape index (κ1) is 23.4. The first-order valence-corrected chi connectivity index (χ1v) is 11.4. The molecule has 0 radical (unpaired) electrons. The van der Waals surface area contributed by atoms with Gasteiger partial charge in [-0.2, -0.15) is 0 Å². The van der Waals surface area contributed by atoms with Gasteiger partial charge in [0.05, 0.1) is 12.3 Å². The number of thiazole rings is 1. The Bertz CT molecular complexity index is 1200. The highest BCUT2D eigenvalue weighted by atomic mass is 32.1. The number of aliphatic hydroxyl groups is 1. The van der Waals surface area contributed by atoms with Gasteiger partial charge in [-0.1, -0.05) is 59.9 Å². The van der Waals surface area contributed by atoms with Gasteiger partial charge in [0, 0.05) is 12.5 Å². The number of aliphatic carboxylic acids is 1. The van der Waals surface area contributed by atoms with Crippen molar-refractivity contribution < 1.29 is 29.3 Å². The van der Waals surface area contributed by atoms with Crippen LogP contribution in [0.5, 0.6) is 0 Å². The number of carbonyl (C=O) groups excluding carboxylic acids is 2. The normalized spacial score (nSPS) is 12.1. The van der Waals surface area contributed by atoms with Crippen LogP contribution >= 0.6 is 11.3 Å². The molecule has 0 bridgehead atoms. The van der Waals surface area contributed by atoms with Gasteiger partial charge < -0.3 is 19.8 Å². The van der Waals surface area contributed by atoms with Gasteiger partial charge in [0.2, 0.25) is 0 Å². The Kier molecular flexibility index (Phi) is 6.90. The summed E-state index contributed by atoms with van der Waals surface area (Å²) in [6, 6.07) is 16.0. The zero-order valence-corrected chi connectivity index (χ0v) is 19.2. The fourth-order valence-corrected chi connectivity index (χ4v) is 4.97. The van der Waals surface area contributed by atoms with E-state index < -0.39 is 24.5 Å². The van der Waals surface area contributed by atoms with Crippen LogP contribution in [0.3, 0.4) is 0 Å². The summed E-state index contributed by atoms with van der Waals surface area (Å²) in [5, 5.41) is 20.9. The molecule has 0 aliphatic heterocycles. The molecule has 0 atom stereocenters. The molecule has 34 heavy (non-hydrogen) atoms. The van der Waals surface area contributed by atoms with Gasteiger partial charge in [0.1, 0.15) is 18.0 Å². The maximum absolute atomic E-state index is 12.7. The Morgan fingerprint density at radius 3 is 2.29 bits per heavy atom. The summed E-state index contributed by atoms with van der Waals surface area (Å²) in [4.78, 5) is 41.6. The van der Waals surface area contributed by atoms with Crippen LogP contribution in [0.4, 0.5) is 9.93 Å². The first-order chi connectivity index (χ1) is 16.4. The number of anilines is 1. The molecule has 0 saturated heterocycles. The van der Waals surface area contributed by atoms with E-state index in [1.54, 1.807) is 6.92 Å². The number of benzene rings is 2. The number of hydrogen-bond donors (Lipinski definition) is 3. The summed E-state index contributed by atoms with van der Waals surface area (Å²) in [7, 11) is 0. The van der Waals surface area contributed by atoms with Crippen LogP contribution in [0.1, 0.15) is 32.4 Å². The van der Waals surface area contributed by atoms with Crippen molar-refractivity contribution in [2.24, 2.45) is 0 Å². The van der Waals surface area contributed by atoms with E-state index in [1.165, 1.54) is 0 Å². The molecule has 0 saturated carbocycles. The number of aliphatic hydroxyl groups excluding tert-OH is 1. The molecular weight excluding hydrogens is 458 g/mol. The predicted octanol–water partition coefficient (Wildman–Crippen LogP) is 3.33. The molecule has 0 spiro atoms. The van der Waals surface area contributed by atoms with Crippen LogP contribution in [-0.4, -0.2) is 64.4 Å². The largest absolute Gasteiger partial charge is 0.480 e. The average molecular weight is 482 g/mol. The molecule has 2 amide bonds. The lowest BCUT2D eigenvalue weighted by Crippen LogP contribution is -2.37. The zero-order chi connectivity index (χ0) is 24.2. The Labute approximate surface area is 199 Å². The Morgan fingerprint density at radius 2 is 1.71 bits per heavy atom. The molecular formula is C24H23N3O6S. The second-order valence-electron chi connectivity index (χ2n) is 7.73. The summed E-state index contributed by atoms with van der Waals surface area (Å²) in [5.74, 6) is -1.86. The van der Waals surface area contributed by atoms with Gasteiger partial charge >= 0.3 is 12.1 Å². The number of nitrogens with one attached hydrogen (secondary N) is 1. The molecule has 2 aromatic carbocycles. The highest BCUT2D eigenvalue weighted by Crippen LogP contribution is 2.44.